The number of hydrogen-bond donors (Lipinski definition) is 2. The largest absolute Gasteiger partial charge is 0.478 e. The summed E-state index contributed by atoms with van der Waals surface area (Å²) >= 11 is 0. The molecule has 18 heavy (non-hydrogen) atoms. The molecular formula is C13H20N2O3. The SMILES string of the molecule is COCC(Nc1cc(C)ncc1C(=O)O)C(C)C. The average molecular weight is 252 g/mol. The molecule has 5 heteroatoms. The third-order valence-corrected chi connectivity index (χ3v) is 2.76. The minimum Gasteiger partial charge on any atom is -0.478 e. The van der Waals surface area contributed by atoms with Gasteiger partial charge in [-0.15, -0.1) is 0 Å². The molecule has 0 amide bonds. The highest BCUT2D eigenvalue weighted by molar-refractivity contribution is 5.93. The van der Waals surface area contributed by atoms with Crippen LogP contribution in [0.1, 0.15) is 29.9 Å². The lowest BCUT2D eigenvalue weighted by molar-refractivity contribution is 0.0697. The maximum Gasteiger partial charge on any atom is 0.339 e. The second-order valence-corrected chi connectivity index (χ2v) is 4.63. The summed E-state index contributed by atoms with van der Waals surface area (Å²) < 4.78 is 5.14. The van der Waals surface area contributed by atoms with E-state index in [1.807, 2.05) is 6.92 Å². The van der Waals surface area contributed by atoms with Crippen LogP contribution in [0.25, 0.3) is 0 Å². The van der Waals surface area contributed by atoms with Crippen LogP contribution in [0.2, 0.25) is 0 Å². The highest BCUT2D eigenvalue weighted by Gasteiger charge is 2.17. The number of hydrogen-bond acceptors (Lipinski definition) is 4. The number of carboxylic acids is 1. The van der Waals surface area contributed by atoms with Crippen molar-refractivity contribution < 1.29 is 14.6 Å². The summed E-state index contributed by atoms with van der Waals surface area (Å²) in [5.74, 6) is -0.648. The second-order valence-electron chi connectivity index (χ2n) is 4.63. The minimum absolute atomic E-state index is 0.0647. The number of nitrogens with one attached hydrogen (secondary N) is 1. The van der Waals surface area contributed by atoms with Gasteiger partial charge in [-0.25, -0.2) is 4.79 Å². The van der Waals surface area contributed by atoms with Crippen LogP contribution in [0.4, 0.5) is 5.69 Å². The van der Waals surface area contributed by atoms with Crippen molar-refractivity contribution in [3.8, 4) is 0 Å². The summed E-state index contributed by atoms with van der Waals surface area (Å²) in [6, 6.07) is 1.81. The van der Waals surface area contributed by atoms with E-state index in [9.17, 15) is 4.79 Å². The predicted molar refractivity (Wildman–Crippen MR) is 70.1 cm³/mol. The van der Waals surface area contributed by atoms with Crippen LogP contribution in [-0.4, -0.2) is 35.8 Å². The lowest BCUT2D eigenvalue weighted by atomic mass is 10.0. The van der Waals surface area contributed by atoms with Gasteiger partial charge >= 0.3 is 5.97 Å². The van der Waals surface area contributed by atoms with Gasteiger partial charge in [-0.1, -0.05) is 13.8 Å². The van der Waals surface area contributed by atoms with Crippen molar-refractivity contribution in [1.82, 2.24) is 4.98 Å². The fourth-order valence-corrected chi connectivity index (χ4v) is 1.63. The van der Waals surface area contributed by atoms with Gasteiger partial charge in [0, 0.05) is 19.0 Å². The van der Waals surface area contributed by atoms with E-state index in [0.717, 1.165) is 5.69 Å². The Morgan fingerprint density at radius 3 is 2.72 bits per heavy atom. The van der Waals surface area contributed by atoms with Crippen molar-refractivity contribution in [1.29, 1.82) is 0 Å². The lowest BCUT2D eigenvalue weighted by Gasteiger charge is -2.23. The number of aryl methyl sites for hydroxylation is 1. The van der Waals surface area contributed by atoms with Crippen LogP contribution in [0.5, 0.6) is 0 Å². The van der Waals surface area contributed by atoms with Crippen molar-refractivity contribution in [3.63, 3.8) is 0 Å². The standard InChI is InChI=1S/C13H20N2O3/c1-8(2)12(7-18-4)15-11-5-9(3)14-6-10(11)13(16)17/h5-6,8,12H,7H2,1-4H3,(H,14,15)(H,16,17). The van der Waals surface area contributed by atoms with Gasteiger partial charge in [0.1, 0.15) is 5.56 Å². The quantitative estimate of drug-likeness (QED) is 0.812. The van der Waals surface area contributed by atoms with E-state index in [1.54, 1.807) is 13.2 Å². The third-order valence-electron chi connectivity index (χ3n) is 2.76. The number of methoxy groups -OCH3 is 1. The van der Waals surface area contributed by atoms with Crippen molar-refractivity contribution in [2.45, 2.75) is 26.8 Å². The summed E-state index contributed by atoms with van der Waals surface area (Å²) in [5, 5.41) is 12.4. The number of anilines is 1. The number of carbonyl (C=O) groups is 1. The zero-order chi connectivity index (χ0) is 13.7. The van der Waals surface area contributed by atoms with E-state index in [4.69, 9.17) is 9.84 Å². The molecule has 1 aromatic heterocycles. The zero-order valence-electron chi connectivity index (χ0n) is 11.2. The maximum absolute atomic E-state index is 11.1. The first-order valence-corrected chi connectivity index (χ1v) is 5.91. The normalized spacial score (nSPS) is 12.5. The van der Waals surface area contributed by atoms with Crippen LogP contribution in [-0.2, 0) is 4.74 Å². The molecule has 0 aliphatic carbocycles. The molecule has 100 valence electrons. The Morgan fingerprint density at radius 1 is 1.56 bits per heavy atom. The molecule has 1 atom stereocenters. The number of pyridine rings is 1. The van der Waals surface area contributed by atoms with E-state index in [-0.39, 0.29) is 11.6 Å². The third kappa shape index (κ3) is 3.70. The van der Waals surface area contributed by atoms with Crippen molar-refractivity contribution in [2.24, 2.45) is 5.92 Å². The number of nitrogens with zero attached hydrogens (tertiary/aromatic N) is 1. The molecule has 0 spiro atoms. The summed E-state index contributed by atoms with van der Waals surface area (Å²) in [7, 11) is 1.63. The van der Waals surface area contributed by atoms with Gasteiger partial charge in [-0.2, -0.15) is 0 Å². The molecule has 1 unspecified atom stereocenters. The van der Waals surface area contributed by atoms with Crippen molar-refractivity contribution in [2.75, 3.05) is 19.0 Å². The average Bonchev–Trinajstić information content (AvgIpc) is 2.28. The summed E-state index contributed by atoms with van der Waals surface area (Å²) in [4.78, 5) is 15.1. The van der Waals surface area contributed by atoms with Crippen molar-refractivity contribution in [3.05, 3.63) is 23.5 Å². The number of aromatic nitrogens is 1. The van der Waals surface area contributed by atoms with Crippen LogP contribution in [0.15, 0.2) is 12.3 Å². The van der Waals surface area contributed by atoms with Crippen LogP contribution < -0.4 is 5.32 Å². The Bertz CT molecular complexity index is 419. The Labute approximate surface area is 107 Å². The molecule has 0 saturated carbocycles. The predicted octanol–water partition coefficient (Wildman–Crippen LogP) is 2.17. The number of ether oxygens (including phenoxy) is 1. The Balaban J connectivity index is 3.00. The molecule has 0 aromatic carbocycles. The monoisotopic (exact) mass is 252 g/mol. The van der Waals surface area contributed by atoms with Crippen LogP contribution in [0.3, 0.4) is 0 Å². The highest BCUT2D eigenvalue weighted by atomic mass is 16.5. The van der Waals surface area contributed by atoms with Gasteiger partial charge in [-0.3, -0.25) is 4.98 Å². The maximum atomic E-state index is 11.1. The molecule has 2 N–H and O–H groups in total. The molecule has 1 aromatic rings. The molecule has 0 aliphatic rings. The first-order valence-electron chi connectivity index (χ1n) is 5.91. The van der Waals surface area contributed by atoms with Gasteiger partial charge < -0.3 is 15.2 Å². The number of rotatable bonds is 6. The Hall–Kier alpha value is -1.62. The van der Waals surface area contributed by atoms with Gasteiger partial charge in [0.25, 0.3) is 0 Å². The molecule has 0 aliphatic heterocycles. The van der Waals surface area contributed by atoms with Gasteiger partial charge in [0.2, 0.25) is 0 Å². The van der Waals surface area contributed by atoms with E-state index in [2.05, 4.69) is 24.1 Å². The van der Waals surface area contributed by atoms with Crippen molar-refractivity contribution >= 4 is 11.7 Å². The van der Waals surface area contributed by atoms with Crippen LogP contribution in [0, 0.1) is 12.8 Å². The molecule has 0 fully saturated rings. The first kappa shape index (κ1) is 14.4. The van der Waals surface area contributed by atoms with E-state index >= 15 is 0 Å². The molecule has 0 bridgehead atoms. The molecular weight excluding hydrogens is 232 g/mol. The molecule has 5 nitrogen and oxygen atoms in total. The molecule has 0 radical (unpaired) electrons. The van der Waals surface area contributed by atoms with E-state index in [1.165, 1.54) is 6.20 Å². The van der Waals surface area contributed by atoms with Gasteiger partial charge in [0.05, 0.1) is 18.3 Å². The molecule has 1 rings (SSSR count). The first-order chi connectivity index (χ1) is 8.45. The van der Waals surface area contributed by atoms with E-state index < -0.39 is 5.97 Å². The number of aromatic carboxylic acids is 1. The minimum atomic E-state index is -0.982. The summed E-state index contributed by atoms with van der Waals surface area (Å²) in [6.07, 6.45) is 1.38. The second kappa shape index (κ2) is 6.35. The highest BCUT2D eigenvalue weighted by Crippen LogP contribution is 2.19. The van der Waals surface area contributed by atoms with Gasteiger partial charge in [0.15, 0.2) is 0 Å². The molecule has 0 saturated heterocycles. The fourth-order valence-electron chi connectivity index (χ4n) is 1.63. The smallest absolute Gasteiger partial charge is 0.339 e. The molecule has 1 heterocycles. The number of carboxylic acid groups (broad SMARTS) is 1. The fraction of sp³-hybridized carbons (Fsp3) is 0.538. The summed E-state index contributed by atoms with van der Waals surface area (Å²) in [5.41, 5.74) is 1.55. The topological polar surface area (TPSA) is 71.5 Å². The van der Waals surface area contributed by atoms with E-state index in [0.29, 0.717) is 18.2 Å². The van der Waals surface area contributed by atoms with Gasteiger partial charge in [-0.05, 0) is 18.9 Å². The zero-order valence-corrected chi connectivity index (χ0v) is 11.2. The Morgan fingerprint density at radius 2 is 2.22 bits per heavy atom. The summed E-state index contributed by atoms with van der Waals surface area (Å²) in [6.45, 7) is 6.48. The van der Waals surface area contributed by atoms with Crippen LogP contribution >= 0.6 is 0 Å². The Kier molecular flexibility index (Phi) is 5.09. The lowest BCUT2D eigenvalue weighted by Crippen LogP contribution is -2.31.